The number of ether oxygens (including phenoxy) is 2. The summed E-state index contributed by atoms with van der Waals surface area (Å²) in [5.41, 5.74) is 6.55. The molecule has 6 heteroatoms. The van der Waals surface area contributed by atoms with Crippen molar-refractivity contribution >= 4 is 12.1 Å². The molecule has 0 radical (unpaired) electrons. The maximum absolute atomic E-state index is 12.1. The van der Waals surface area contributed by atoms with Crippen LogP contribution in [-0.2, 0) is 20.7 Å². The van der Waals surface area contributed by atoms with E-state index in [1.807, 2.05) is 44.2 Å². The van der Waals surface area contributed by atoms with Crippen LogP contribution in [0, 0.1) is 12.7 Å². The highest BCUT2D eigenvalue weighted by Gasteiger charge is 2.12. The molecule has 5 nitrogen and oxygen atoms in total. The molecule has 2 N–H and O–H groups in total. The van der Waals surface area contributed by atoms with Crippen LogP contribution in [0.4, 0.5) is 9.18 Å². The van der Waals surface area contributed by atoms with E-state index in [9.17, 15) is 14.0 Å². The lowest BCUT2D eigenvalue weighted by atomic mass is 10.1. The SMILES string of the molecule is CC(C)(C)OC(N)=O.CCC(=O)OC(C)Cc1ccccc1.Cc1ccc(F)cc1. The molecule has 2 aromatic carbocycles. The number of halogens is 1. The van der Waals surface area contributed by atoms with E-state index in [-0.39, 0.29) is 17.9 Å². The van der Waals surface area contributed by atoms with Crippen LogP contribution < -0.4 is 5.73 Å². The number of benzene rings is 2. The van der Waals surface area contributed by atoms with Crippen LogP contribution in [0.3, 0.4) is 0 Å². The van der Waals surface area contributed by atoms with Crippen molar-refractivity contribution in [2.24, 2.45) is 5.73 Å². The number of carbonyl (C=O) groups excluding carboxylic acids is 2. The van der Waals surface area contributed by atoms with E-state index in [4.69, 9.17) is 10.5 Å². The third-order valence-electron chi connectivity index (χ3n) is 3.40. The average molecular weight is 420 g/mol. The van der Waals surface area contributed by atoms with Gasteiger partial charge in [-0.2, -0.15) is 0 Å². The van der Waals surface area contributed by atoms with E-state index in [0.717, 1.165) is 12.0 Å². The van der Waals surface area contributed by atoms with E-state index in [1.54, 1.807) is 39.8 Å². The zero-order chi connectivity index (χ0) is 23.2. The zero-order valence-corrected chi connectivity index (χ0v) is 18.8. The second-order valence-corrected chi connectivity index (χ2v) is 7.67. The fraction of sp³-hybridized carbons (Fsp3) is 0.417. The van der Waals surface area contributed by atoms with Gasteiger partial charge in [-0.1, -0.05) is 55.0 Å². The molecule has 166 valence electrons. The van der Waals surface area contributed by atoms with Crippen LogP contribution in [0.2, 0.25) is 0 Å². The first-order valence-electron chi connectivity index (χ1n) is 9.87. The average Bonchev–Trinajstić information content (AvgIpc) is 2.64. The van der Waals surface area contributed by atoms with Gasteiger partial charge in [0.15, 0.2) is 0 Å². The fourth-order valence-corrected chi connectivity index (χ4v) is 2.13. The number of primary amides is 1. The molecular formula is C24H34FNO4. The summed E-state index contributed by atoms with van der Waals surface area (Å²) in [6.07, 6.45) is 0.466. The van der Waals surface area contributed by atoms with Gasteiger partial charge in [0.05, 0.1) is 0 Å². The van der Waals surface area contributed by atoms with Gasteiger partial charge < -0.3 is 15.2 Å². The lowest BCUT2D eigenvalue weighted by Crippen LogP contribution is -2.27. The zero-order valence-electron chi connectivity index (χ0n) is 18.8. The molecule has 0 heterocycles. The minimum Gasteiger partial charge on any atom is -0.462 e. The molecule has 0 spiro atoms. The highest BCUT2D eigenvalue weighted by atomic mass is 19.1. The highest BCUT2D eigenvalue weighted by Crippen LogP contribution is 2.06. The Kier molecular flexibility index (Phi) is 12.8. The van der Waals surface area contributed by atoms with Gasteiger partial charge in [0.25, 0.3) is 0 Å². The van der Waals surface area contributed by atoms with Crippen molar-refractivity contribution in [3.63, 3.8) is 0 Å². The summed E-state index contributed by atoms with van der Waals surface area (Å²) in [5.74, 6) is -0.302. The minimum atomic E-state index is -0.725. The summed E-state index contributed by atoms with van der Waals surface area (Å²) in [6, 6.07) is 16.4. The molecule has 0 saturated carbocycles. The Morgan fingerprint density at radius 1 is 1.03 bits per heavy atom. The summed E-state index contributed by atoms with van der Waals surface area (Å²) in [6.45, 7) is 10.9. The molecule has 30 heavy (non-hydrogen) atoms. The lowest BCUT2D eigenvalue weighted by molar-refractivity contribution is -0.147. The van der Waals surface area contributed by atoms with Crippen LogP contribution in [0.5, 0.6) is 0 Å². The number of aryl methyl sites for hydroxylation is 1. The van der Waals surface area contributed by atoms with Gasteiger partial charge in [0, 0.05) is 12.8 Å². The summed E-state index contributed by atoms with van der Waals surface area (Å²) < 4.78 is 21.8. The molecule has 2 rings (SSSR count). The maximum Gasteiger partial charge on any atom is 0.405 e. The molecule has 0 aromatic heterocycles. The first kappa shape index (κ1) is 27.1. The van der Waals surface area contributed by atoms with Crippen molar-refractivity contribution in [1.82, 2.24) is 0 Å². The molecule has 0 aliphatic heterocycles. The van der Waals surface area contributed by atoms with E-state index in [0.29, 0.717) is 6.42 Å². The number of hydrogen-bond acceptors (Lipinski definition) is 4. The van der Waals surface area contributed by atoms with E-state index < -0.39 is 11.7 Å². The fourth-order valence-electron chi connectivity index (χ4n) is 2.13. The molecule has 0 aliphatic carbocycles. The summed E-state index contributed by atoms with van der Waals surface area (Å²) in [7, 11) is 0. The van der Waals surface area contributed by atoms with Gasteiger partial charge in [0.2, 0.25) is 0 Å². The standard InChI is InChI=1S/C12H16O2.C7H7F.C5H11NO2/c1-3-12(13)14-10(2)9-11-7-5-4-6-8-11;1-6-2-4-7(8)5-3-6;1-5(2,3)8-4(6)7/h4-8,10H,3,9H2,1-2H3;2-5H,1H3;1-3H3,(H2,6,7). The Labute approximate surface area is 179 Å². The minimum absolute atomic E-state index is 0.0372. The van der Waals surface area contributed by atoms with Gasteiger partial charge in [-0.05, 0) is 52.3 Å². The predicted molar refractivity (Wildman–Crippen MR) is 118 cm³/mol. The second-order valence-electron chi connectivity index (χ2n) is 7.67. The molecule has 0 bridgehead atoms. The number of hydrogen-bond donors (Lipinski definition) is 1. The van der Waals surface area contributed by atoms with Crippen LogP contribution in [0.25, 0.3) is 0 Å². The smallest absolute Gasteiger partial charge is 0.405 e. The normalized spacial score (nSPS) is 11.0. The molecule has 0 fully saturated rings. The number of amides is 1. The Morgan fingerprint density at radius 2 is 1.57 bits per heavy atom. The van der Waals surface area contributed by atoms with Crippen molar-refractivity contribution < 1.29 is 23.5 Å². The van der Waals surface area contributed by atoms with Crippen LogP contribution >= 0.6 is 0 Å². The molecule has 1 amide bonds. The Morgan fingerprint density at radius 3 is 1.93 bits per heavy atom. The summed E-state index contributed by atoms with van der Waals surface area (Å²) in [4.78, 5) is 21.0. The van der Waals surface area contributed by atoms with Gasteiger partial charge >= 0.3 is 12.1 Å². The first-order valence-corrected chi connectivity index (χ1v) is 9.87. The largest absolute Gasteiger partial charge is 0.462 e. The predicted octanol–water partition coefficient (Wildman–Crippen LogP) is 5.59. The summed E-state index contributed by atoms with van der Waals surface area (Å²) >= 11 is 0. The molecule has 1 atom stereocenters. The van der Waals surface area contributed by atoms with Crippen LogP contribution in [0.15, 0.2) is 54.6 Å². The number of esters is 1. The van der Waals surface area contributed by atoms with Gasteiger partial charge in [0.1, 0.15) is 17.5 Å². The van der Waals surface area contributed by atoms with Crippen LogP contribution in [0.1, 0.15) is 52.2 Å². The van der Waals surface area contributed by atoms with Gasteiger partial charge in [-0.15, -0.1) is 0 Å². The lowest BCUT2D eigenvalue weighted by Gasteiger charge is -2.16. The van der Waals surface area contributed by atoms with Crippen LogP contribution in [-0.4, -0.2) is 23.8 Å². The molecule has 0 saturated heterocycles. The maximum atomic E-state index is 12.1. The van der Waals surface area contributed by atoms with Crippen molar-refractivity contribution in [2.75, 3.05) is 0 Å². The third-order valence-corrected chi connectivity index (χ3v) is 3.40. The second kappa shape index (κ2) is 14.1. The van der Waals surface area contributed by atoms with Crippen molar-refractivity contribution in [1.29, 1.82) is 0 Å². The molecular weight excluding hydrogens is 385 g/mol. The molecule has 0 aliphatic rings. The van der Waals surface area contributed by atoms with Gasteiger partial charge in [-0.3, -0.25) is 4.79 Å². The van der Waals surface area contributed by atoms with Crippen molar-refractivity contribution in [2.45, 2.75) is 66.1 Å². The summed E-state index contributed by atoms with van der Waals surface area (Å²) in [5, 5.41) is 0. The molecule has 1 unspecified atom stereocenters. The highest BCUT2D eigenvalue weighted by molar-refractivity contribution is 5.69. The number of rotatable bonds is 4. The number of carbonyl (C=O) groups is 2. The molecule has 2 aromatic rings. The van der Waals surface area contributed by atoms with Gasteiger partial charge in [-0.25, -0.2) is 9.18 Å². The van der Waals surface area contributed by atoms with Crippen molar-refractivity contribution in [3.8, 4) is 0 Å². The topological polar surface area (TPSA) is 78.6 Å². The van der Waals surface area contributed by atoms with Crippen molar-refractivity contribution in [3.05, 3.63) is 71.5 Å². The van der Waals surface area contributed by atoms with E-state index >= 15 is 0 Å². The quantitative estimate of drug-likeness (QED) is 0.656. The Bertz CT molecular complexity index is 719. The Hall–Kier alpha value is -2.89. The monoisotopic (exact) mass is 419 g/mol. The first-order chi connectivity index (χ1) is 13.9. The Balaban J connectivity index is 0.000000451. The number of nitrogens with two attached hydrogens (primary N) is 1. The van der Waals surface area contributed by atoms with E-state index in [1.165, 1.54) is 17.7 Å². The van der Waals surface area contributed by atoms with E-state index in [2.05, 4.69) is 4.74 Å². The third kappa shape index (κ3) is 16.1.